The fourth-order valence-corrected chi connectivity index (χ4v) is 5.37. The third kappa shape index (κ3) is 7.86. The van der Waals surface area contributed by atoms with Crippen LogP contribution in [0.5, 0.6) is 0 Å². The minimum absolute atomic E-state index is 0.189. The van der Waals surface area contributed by atoms with Crippen molar-refractivity contribution >= 4 is 41.7 Å². The molecule has 3 heterocycles. The summed E-state index contributed by atoms with van der Waals surface area (Å²) in [5, 5.41) is 8.74. The molecule has 1 aromatic heterocycles. The molecule has 2 aliphatic rings. The number of alkyl carbamates (subject to hydrolysis) is 1. The quantitative estimate of drug-likeness (QED) is 0.319. The third-order valence-electron chi connectivity index (χ3n) is 6.16. The monoisotopic (exact) mass is 569 g/mol. The van der Waals surface area contributed by atoms with Gasteiger partial charge in [-0.3, -0.25) is 9.63 Å². The van der Waals surface area contributed by atoms with Crippen LogP contribution in [0.4, 0.5) is 10.5 Å². The van der Waals surface area contributed by atoms with E-state index in [1.807, 2.05) is 75.4 Å². The second-order valence-corrected chi connectivity index (χ2v) is 11.9. The van der Waals surface area contributed by atoms with Crippen molar-refractivity contribution < 1.29 is 19.2 Å². The molecular formula is C28H39N7O4S. The number of aromatic nitrogens is 2. The van der Waals surface area contributed by atoms with E-state index in [-0.39, 0.29) is 18.4 Å². The predicted molar refractivity (Wildman–Crippen MR) is 157 cm³/mol. The second kappa shape index (κ2) is 12.9. The molecule has 11 nitrogen and oxygen atoms in total. The minimum atomic E-state index is -0.502. The molecule has 1 saturated heterocycles. The molecule has 0 radical (unpaired) electrons. The van der Waals surface area contributed by atoms with Crippen LogP contribution in [-0.2, 0) is 14.4 Å². The van der Waals surface area contributed by atoms with Gasteiger partial charge in [-0.15, -0.1) is 0 Å². The van der Waals surface area contributed by atoms with Crippen molar-refractivity contribution in [2.45, 2.75) is 53.1 Å². The first-order valence-electron chi connectivity index (χ1n) is 13.6. The average Bonchev–Trinajstić information content (AvgIpc) is 3.25. The maximum Gasteiger partial charge on any atom is 0.407 e. The topological polar surface area (TPSA) is 127 Å². The van der Waals surface area contributed by atoms with E-state index in [9.17, 15) is 9.59 Å². The standard InChI is InChI=1S/C28H39N7O4S/c1-6-10-34(38-7-2)26(36)22-11-21-9-8-20(12-24(21)32-25(29)13-22)23-15-31-35(18-23)40-33-16-19(17-33)14-30-27(37)39-28(3,4)5/h8-9,11-12,15,18-19H,6-7,10,13-14,16-17H2,1-5H3,(H2,29,32)(H,30,37). The summed E-state index contributed by atoms with van der Waals surface area (Å²) in [6.07, 6.45) is 6.30. The number of ether oxygens (including phenoxy) is 1. The number of amidine groups is 1. The van der Waals surface area contributed by atoms with Crippen LogP contribution in [0.3, 0.4) is 0 Å². The Labute approximate surface area is 240 Å². The number of nitrogens with one attached hydrogen (secondary N) is 1. The van der Waals surface area contributed by atoms with Gasteiger partial charge in [-0.25, -0.2) is 19.2 Å². The normalized spacial score (nSPS) is 15.8. The lowest BCUT2D eigenvalue weighted by molar-refractivity contribution is -0.180. The van der Waals surface area contributed by atoms with Gasteiger partial charge in [0.2, 0.25) is 0 Å². The van der Waals surface area contributed by atoms with E-state index in [2.05, 4.69) is 19.7 Å². The van der Waals surface area contributed by atoms with E-state index < -0.39 is 5.60 Å². The van der Waals surface area contributed by atoms with E-state index in [1.54, 1.807) is 0 Å². The molecule has 3 N–H and O–H groups in total. The molecule has 40 heavy (non-hydrogen) atoms. The van der Waals surface area contributed by atoms with Crippen molar-refractivity contribution in [2.75, 3.05) is 32.8 Å². The molecule has 0 bridgehead atoms. The average molecular weight is 570 g/mol. The summed E-state index contributed by atoms with van der Waals surface area (Å²) in [5.41, 5.74) is 9.70. The molecule has 4 rings (SSSR count). The lowest BCUT2D eigenvalue weighted by atomic mass is 10.0. The Hall–Kier alpha value is -3.35. The molecule has 1 aromatic carbocycles. The number of fused-ring (bicyclic) bond motifs is 1. The van der Waals surface area contributed by atoms with Gasteiger partial charge in [-0.1, -0.05) is 19.1 Å². The highest BCUT2D eigenvalue weighted by molar-refractivity contribution is 7.95. The number of hydrogen-bond donors (Lipinski definition) is 2. The Morgan fingerprint density at radius 2 is 2.00 bits per heavy atom. The van der Waals surface area contributed by atoms with E-state index >= 15 is 0 Å². The zero-order valence-corrected chi connectivity index (χ0v) is 24.7. The van der Waals surface area contributed by atoms with Crippen LogP contribution >= 0.6 is 12.1 Å². The van der Waals surface area contributed by atoms with E-state index in [0.29, 0.717) is 42.7 Å². The first-order valence-corrected chi connectivity index (χ1v) is 14.4. The molecule has 0 saturated carbocycles. The Balaban J connectivity index is 1.37. The Morgan fingerprint density at radius 3 is 2.70 bits per heavy atom. The summed E-state index contributed by atoms with van der Waals surface area (Å²) in [4.78, 5) is 35.1. The largest absolute Gasteiger partial charge is 0.444 e. The number of carbonyl (C=O) groups is 2. The fourth-order valence-electron chi connectivity index (χ4n) is 4.33. The highest BCUT2D eigenvalue weighted by atomic mass is 32.2. The van der Waals surface area contributed by atoms with Gasteiger partial charge in [0.25, 0.3) is 5.91 Å². The Kier molecular flexibility index (Phi) is 9.54. The highest BCUT2D eigenvalue weighted by Crippen LogP contribution is 2.33. The van der Waals surface area contributed by atoms with E-state index in [1.165, 1.54) is 17.2 Å². The van der Waals surface area contributed by atoms with Crippen molar-refractivity contribution in [3.63, 3.8) is 0 Å². The van der Waals surface area contributed by atoms with Gasteiger partial charge < -0.3 is 15.8 Å². The number of hydrogen-bond acceptors (Lipinski definition) is 9. The lowest BCUT2D eigenvalue weighted by Crippen LogP contribution is -2.49. The van der Waals surface area contributed by atoms with Gasteiger partial charge in [0.1, 0.15) is 11.4 Å². The summed E-state index contributed by atoms with van der Waals surface area (Å²) in [6.45, 7) is 12.6. The molecule has 0 atom stereocenters. The van der Waals surface area contributed by atoms with Crippen molar-refractivity contribution in [3.05, 3.63) is 41.7 Å². The molecular weight excluding hydrogens is 530 g/mol. The summed E-state index contributed by atoms with van der Waals surface area (Å²) in [6, 6.07) is 5.91. The minimum Gasteiger partial charge on any atom is -0.444 e. The number of nitrogens with two attached hydrogens (primary N) is 1. The van der Waals surface area contributed by atoms with Crippen molar-refractivity contribution in [2.24, 2.45) is 16.6 Å². The van der Waals surface area contributed by atoms with Crippen LogP contribution in [-0.4, -0.2) is 74.8 Å². The van der Waals surface area contributed by atoms with Crippen LogP contribution in [0.25, 0.3) is 17.2 Å². The van der Waals surface area contributed by atoms with Gasteiger partial charge in [0.15, 0.2) is 0 Å². The van der Waals surface area contributed by atoms with Crippen LogP contribution in [0, 0.1) is 5.92 Å². The Morgan fingerprint density at radius 1 is 1.23 bits per heavy atom. The number of amides is 2. The van der Waals surface area contributed by atoms with Gasteiger partial charge in [0.05, 0.1) is 30.6 Å². The van der Waals surface area contributed by atoms with Crippen molar-refractivity contribution in [1.82, 2.24) is 23.9 Å². The predicted octanol–water partition coefficient (Wildman–Crippen LogP) is 4.38. The zero-order valence-electron chi connectivity index (χ0n) is 23.8. The summed E-state index contributed by atoms with van der Waals surface area (Å²) in [7, 11) is 0. The smallest absolute Gasteiger partial charge is 0.407 e. The zero-order chi connectivity index (χ0) is 28.9. The molecule has 1 fully saturated rings. The number of aliphatic imine (C=N–C) groups is 1. The maximum atomic E-state index is 13.1. The van der Waals surface area contributed by atoms with E-state index in [0.717, 1.165) is 36.2 Å². The van der Waals surface area contributed by atoms with Gasteiger partial charge >= 0.3 is 6.09 Å². The second-order valence-electron chi connectivity index (χ2n) is 10.9. The SMILES string of the molecule is CCCN(OCC)C(=O)C1=Cc2ccc(-c3cnn(SN4CC(CNC(=O)OC(C)(C)C)C4)c3)cc2N=C(N)C1. The van der Waals surface area contributed by atoms with Crippen molar-refractivity contribution in [3.8, 4) is 11.1 Å². The fraction of sp³-hybridized carbons (Fsp3) is 0.500. The molecule has 12 heteroatoms. The van der Waals surface area contributed by atoms with Crippen LogP contribution in [0.1, 0.15) is 53.0 Å². The molecule has 0 aliphatic carbocycles. The van der Waals surface area contributed by atoms with Crippen LogP contribution in [0.2, 0.25) is 0 Å². The number of hydroxylamine groups is 2. The molecule has 216 valence electrons. The molecule has 2 amide bonds. The number of nitrogens with zero attached hydrogens (tertiary/aromatic N) is 5. The van der Waals surface area contributed by atoms with E-state index in [4.69, 9.17) is 15.3 Å². The van der Waals surface area contributed by atoms with Gasteiger partial charge in [-0.2, -0.15) is 9.19 Å². The molecule has 0 unspecified atom stereocenters. The highest BCUT2D eigenvalue weighted by Gasteiger charge is 2.29. The molecule has 2 aromatic rings. The summed E-state index contributed by atoms with van der Waals surface area (Å²) >= 11 is 1.52. The summed E-state index contributed by atoms with van der Waals surface area (Å²) in [5.74, 6) is 0.560. The third-order valence-corrected chi connectivity index (χ3v) is 7.05. The molecule has 2 aliphatic heterocycles. The maximum absolute atomic E-state index is 13.1. The Bertz CT molecular complexity index is 1270. The van der Waals surface area contributed by atoms with Crippen molar-refractivity contribution in [1.29, 1.82) is 0 Å². The number of rotatable bonds is 10. The molecule has 0 spiro atoms. The van der Waals surface area contributed by atoms with Crippen LogP contribution in [0.15, 0.2) is 41.2 Å². The lowest BCUT2D eigenvalue weighted by Gasteiger charge is -2.37. The number of benzene rings is 1. The first-order chi connectivity index (χ1) is 19.0. The van der Waals surface area contributed by atoms with Gasteiger partial charge in [-0.05, 0) is 51.8 Å². The first kappa shape index (κ1) is 29.6. The van der Waals surface area contributed by atoms with Gasteiger partial charge in [0, 0.05) is 61.4 Å². The number of carbonyl (C=O) groups excluding carboxylic acids is 2. The summed E-state index contributed by atoms with van der Waals surface area (Å²) < 4.78 is 9.30. The van der Waals surface area contributed by atoms with Crippen LogP contribution < -0.4 is 11.1 Å².